The van der Waals surface area contributed by atoms with Crippen molar-refractivity contribution in [1.82, 2.24) is 10.3 Å². The third-order valence-corrected chi connectivity index (χ3v) is 5.48. The molecule has 0 amide bonds. The summed E-state index contributed by atoms with van der Waals surface area (Å²) in [7, 11) is 1.55. The Hall–Kier alpha value is -1.95. The number of aromatic nitrogens is 1. The number of nitrogen functional groups attached to an aromatic ring is 1. The molecule has 26 heavy (non-hydrogen) atoms. The molecule has 1 aromatic heterocycles. The Morgan fingerprint density at radius 2 is 1.96 bits per heavy atom. The van der Waals surface area contributed by atoms with Crippen LogP contribution in [0.4, 0.5) is 10.1 Å². The molecule has 1 aliphatic heterocycles. The molecule has 0 unspecified atom stereocenters. The number of hydrogen-bond acceptors (Lipinski definition) is 3. The zero-order valence-corrected chi connectivity index (χ0v) is 15.8. The molecule has 1 aliphatic rings. The predicted molar refractivity (Wildman–Crippen MR) is 104 cm³/mol. The SMILES string of the molecule is COc1cc(N)c([C@H]2N[C@@H](C)Cc3c2[nH]c2cc(Cl)c(F)cc32)cc1Cl. The third-order valence-electron chi connectivity index (χ3n) is 4.90. The highest BCUT2D eigenvalue weighted by Gasteiger charge is 2.30. The maximum absolute atomic E-state index is 14.0. The summed E-state index contributed by atoms with van der Waals surface area (Å²) in [6, 6.07) is 6.64. The standard InChI is InChI=1S/C19H18Cl2FN3O/c1-8-3-10-9-5-14(22)12(20)6-16(9)25-18(10)19(24-8)11-4-13(21)17(26-2)7-15(11)23/h4-8,19,24-25H,3,23H2,1-2H3/t8-,19+/m0/s1. The van der Waals surface area contributed by atoms with E-state index in [1.807, 2.05) is 6.07 Å². The van der Waals surface area contributed by atoms with Crippen LogP contribution >= 0.6 is 23.2 Å². The third kappa shape index (κ3) is 2.71. The van der Waals surface area contributed by atoms with Gasteiger partial charge < -0.3 is 20.8 Å². The molecule has 136 valence electrons. The molecule has 7 heteroatoms. The number of fused-ring (bicyclic) bond motifs is 3. The van der Waals surface area contributed by atoms with Gasteiger partial charge in [-0.1, -0.05) is 23.2 Å². The van der Waals surface area contributed by atoms with E-state index in [0.29, 0.717) is 16.5 Å². The molecule has 0 fully saturated rings. The van der Waals surface area contributed by atoms with E-state index < -0.39 is 5.82 Å². The van der Waals surface area contributed by atoms with Crippen molar-refractivity contribution in [2.45, 2.75) is 25.4 Å². The van der Waals surface area contributed by atoms with Crippen LogP contribution in [0.25, 0.3) is 10.9 Å². The Morgan fingerprint density at radius 1 is 1.19 bits per heavy atom. The summed E-state index contributed by atoms with van der Waals surface area (Å²) >= 11 is 12.3. The minimum Gasteiger partial charge on any atom is -0.495 e. The fourth-order valence-electron chi connectivity index (χ4n) is 3.70. The molecule has 2 aromatic carbocycles. The number of hydrogen-bond donors (Lipinski definition) is 3. The quantitative estimate of drug-likeness (QED) is 0.546. The van der Waals surface area contributed by atoms with E-state index >= 15 is 0 Å². The van der Waals surface area contributed by atoms with Crippen molar-refractivity contribution in [3.8, 4) is 5.75 Å². The second-order valence-electron chi connectivity index (χ2n) is 6.65. The first-order chi connectivity index (χ1) is 12.4. The summed E-state index contributed by atoms with van der Waals surface area (Å²) in [6.07, 6.45) is 0.775. The first-order valence-corrected chi connectivity index (χ1v) is 9.03. The molecule has 4 rings (SSSR count). The lowest BCUT2D eigenvalue weighted by atomic mass is 9.90. The summed E-state index contributed by atoms with van der Waals surface area (Å²) in [4.78, 5) is 3.38. The number of ether oxygens (including phenoxy) is 1. The van der Waals surface area contributed by atoms with Gasteiger partial charge in [-0.15, -0.1) is 0 Å². The van der Waals surface area contributed by atoms with Gasteiger partial charge in [0, 0.05) is 34.4 Å². The van der Waals surface area contributed by atoms with Crippen molar-refractivity contribution in [2.24, 2.45) is 0 Å². The minimum atomic E-state index is -0.421. The van der Waals surface area contributed by atoms with E-state index in [4.69, 9.17) is 33.7 Å². The van der Waals surface area contributed by atoms with Gasteiger partial charge in [-0.25, -0.2) is 4.39 Å². The van der Waals surface area contributed by atoms with Gasteiger partial charge in [0.15, 0.2) is 0 Å². The molecule has 0 radical (unpaired) electrons. The summed E-state index contributed by atoms with van der Waals surface area (Å²) < 4.78 is 19.2. The van der Waals surface area contributed by atoms with Crippen LogP contribution in [0.1, 0.15) is 29.8 Å². The van der Waals surface area contributed by atoms with Crippen LogP contribution in [0.5, 0.6) is 5.75 Å². The average molecular weight is 394 g/mol. The van der Waals surface area contributed by atoms with E-state index in [0.717, 1.165) is 34.1 Å². The maximum atomic E-state index is 14.0. The van der Waals surface area contributed by atoms with E-state index in [1.165, 1.54) is 6.07 Å². The summed E-state index contributed by atoms with van der Waals surface area (Å²) in [6.45, 7) is 2.09. The number of rotatable bonds is 2. The molecule has 3 aromatic rings. The Balaban J connectivity index is 1.92. The van der Waals surface area contributed by atoms with Crippen LogP contribution in [0.3, 0.4) is 0 Å². The molecule has 4 nitrogen and oxygen atoms in total. The van der Waals surface area contributed by atoms with Crippen LogP contribution in [-0.4, -0.2) is 18.1 Å². The molecule has 0 spiro atoms. The lowest BCUT2D eigenvalue weighted by Crippen LogP contribution is -2.38. The smallest absolute Gasteiger partial charge is 0.142 e. The van der Waals surface area contributed by atoms with E-state index in [-0.39, 0.29) is 17.1 Å². The molecule has 0 aliphatic carbocycles. The molecule has 0 bridgehead atoms. The van der Waals surface area contributed by atoms with Crippen LogP contribution in [0, 0.1) is 5.82 Å². The fourth-order valence-corrected chi connectivity index (χ4v) is 4.11. The molecule has 2 atom stereocenters. The van der Waals surface area contributed by atoms with Crippen molar-refractivity contribution in [3.05, 3.63) is 56.9 Å². The van der Waals surface area contributed by atoms with Crippen molar-refractivity contribution >= 4 is 39.8 Å². The van der Waals surface area contributed by atoms with Crippen molar-refractivity contribution in [1.29, 1.82) is 0 Å². The van der Waals surface area contributed by atoms with Gasteiger partial charge in [0.2, 0.25) is 0 Å². The van der Waals surface area contributed by atoms with Crippen LogP contribution in [-0.2, 0) is 6.42 Å². The van der Waals surface area contributed by atoms with Crippen LogP contribution in [0.15, 0.2) is 24.3 Å². The normalized spacial score (nSPS) is 19.6. The first kappa shape index (κ1) is 17.5. The number of methoxy groups -OCH3 is 1. The van der Waals surface area contributed by atoms with Crippen molar-refractivity contribution < 1.29 is 9.13 Å². The van der Waals surface area contributed by atoms with E-state index in [9.17, 15) is 4.39 Å². The zero-order valence-electron chi connectivity index (χ0n) is 14.3. The number of benzene rings is 2. The summed E-state index contributed by atoms with van der Waals surface area (Å²) in [5, 5.41) is 4.98. The summed E-state index contributed by atoms with van der Waals surface area (Å²) in [5.74, 6) is 0.109. The van der Waals surface area contributed by atoms with Crippen molar-refractivity contribution in [3.63, 3.8) is 0 Å². The summed E-state index contributed by atoms with van der Waals surface area (Å²) in [5.41, 5.74) is 10.5. The zero-order chi connectivity index (χ0) is 18.6. The average Bonchev–Trinajstić information content (AvgIpc) is 2.94. The molecule has 4 N–H and O–H groups in total. The molecule has 0 saturated heterocycles. The lowest BCUT2D eigenvalue weighted by Gasteiger charge is -2.30. The van der Waals surface area contributed by atoms with Crippen molar-refractivity contribution in [2.75, 3.05) is 12.8 Å². The molecule has 0 saturated carbocycles. The van der Waals surface area contributed by atoms with Gasteiger partial charge in [-0.05, 0) is 42.7 Å². The van der Waals surface area contributed by atoms with Gasteiger partial charge in [-0.3, -0.25) is 0 Å². The topological polar surface area (TPSA) is 63.1 Å². The number of anilines is 1. The highest BCUT2D eigenvalue weighted by Crippen LogP contribution is 2.40. The largest absolute Gasteiger partial charge is 0.495 e. The van der Waals surface area contributed by atoms with Crippen LogP contribution < -0.4 is 15.8 Å². The van der Waals surface area contributed by atoms with Gasteiger partial charge in [-0.2, -0.15) is 0 Å². The highest BCUT2D eigenvalue weighted by atomic mass is 35.5. The maximum Gasteiger partial charge on any atom is 0.142 e. The number of nitrogens with two attached hydrogens (primary N) is 1. The minimum absolute atomic E-state index is 0.0978. The van der Waals surface area contributed by atoms with Gasteiger partial charge in [0.1, 0.15) is 11.6 Å². The van der Waals surface area contributed by atoms with E-state index in [2.05, 4.69) is 17.2 Å². The molecular formula is C19H18Cl2FN3O. The second-order valence-corrected chi connectivity index (χ2v) is 7.46. The fraction of sp³-hybridized carbons (Fsp3) is 0.263. The predicted octanol–water partition coefficient (Wildman–Crippen LogP) is 4.83. The number of H-pyrrole nitrogens is 1. The van der Waals surface area contributed by atoms with E-state index in [1.54, 1.807) is 19.2 Å². The lowest BCUT2D eigenvalue weighted by molar-refractivity contribution is 0.414. The van der Waals surface area contributed by atoms with Crippen LogP contribution in [0.2, 0.25) is 10.0 Å². The number of halogens is 3. The van der Waals surface area contributed by atoms with Gasteiger partial charge in [0.25, 0.3) is 0 Å². The Labute approximate surface area is 160 Å². The Morgan fingerprint density at radius 3 is 2.69 bits per heavy atom. The molecular weight excluding hydrogens is 376 g/mol. The van der Waals surface area contributed by atoms with Gasteiger partial charge in [0.05, 0.1) is 23.2 Å². The number of aromatic amines is 1. The number of nitrogens with one attached hydrogen (secondary N) is 2. The first-order valence-electron chi connectivity index (χ1n) is 8.27. The molecule has 2 heterocycles. The van der Waals surface area contributed by atoms with Gasteiger partial charge >= 0.3 is 0 Å². The monoisotopic (exact) mass is 393 g/mol. The Kier molecular flexibility index (Phi) is 4.26. The Bertz CT molecular complexity index is 1020. The highest BCUT2D eigenvalue weighted by molar-refractivity contribution is 6.32. The second kappa shape index (κ2) is 6.34.